The van der Waals surface area contributed by atoms with Crippen LogP contribution >= 0.6 is 0 Å². The van der Waals surface area contributed by atoms with E-state index in [0.717, 1.165) is 48.0 Å². The SMILES string of the molecule is COc1cccc(CN2CCOc3ccc([C@](C)(O)COc4ccccc4)cc3C2)c1. The number of rotatable bonds is 7. The van der Waals surface area contributed by atoms with E-state index in [0.29, 0.717) is 6.61 Å². The van der Waals surface area contributed by atoms with E-state index in [1.54, 1.807) is 14.0 Å². The summed E-state index contributed by atoms with van der Waals surface area (Å²) in [7, 11) is 1.68. The van der Waals surface area contributed by atoms with Crippen LogP contribution in [0.1, 0.15) is 23.6 Å². The van der Waals surface area contributed by atoms with Crippen molar-refractivity contribution in [1.29, 1.82) is 0 Å². The van der Waals surface area contributed by atoms with Crippen LogP contribution in [0.4, 0.5) is 0 Å². The number of benzene rings is 3. The third-order valence-corrected chi connectivity index (χ3v) is 5.54. The quantitative estimate of drug-likeness (QED) is 0.616. The number of fused-ring (bicyclic) bond motifs is 1. The second-order valence-electron chi connectivity index (χ2n) is 8.11. The van der Waals surface area contributed by atoms with E-state index in [-0.39, 0.29) is 6.61 Å². The van der Waals surface area contributed by atoms with Gasteiger partial charge in [0.25, 0.3) is 0 Å². The fourth-order valence-corrected chi connectivity index (χ4v) is 3.77. The van der Waals surface area contributed by atoms with Crippen molar-refractivity contribution >= 4 is 0 Å². The molecule has 1 aliphatic heterocycles. The molecule has 0 radical (unpaired) electrons. The molecule has 1 atom stereocenters. The molecule has 0 saturated heterocycles. The van der Waals surface area contributed by atoms with Crippen molar-refractivity contribution in [3.63, 3.8) is 0 Å². The van der Waals surface area contributed by atoms with E-state index < -0.39 is 5.60 Å². The molecule has 0 fully saturated rings. The molecule has 0 saturated carbocycles. The van der Waals surface area contributed by atoms with Crippen molar-refractivity contribution in [2.45, 2.75) is 25.6 Å². The van der Waals surface area contributed by atoms with Crippen LogP contribution in [0.2, 0.25) is 0 Å². The minimum Gasteiger partial charge on any atom is -0.497 e. The molecule has 5 heteroatoms. The molecular weight excluding hydrogens is 390 g/mol. The normalized spacial score (nSPS) is 15.8. The van der Waals surface area contributed by atoms with Gasteiger partial charge in [0.05, 0.1) is 7.11 Å². The molecule has 0 unspecified atom stereocenters. The van der Waals surface area contributed by atoms with Crippen LogP contribution in [0.5, 0.6) is 17.2 Å². The predicted molar refractivity (Wildman–Crippen MR) is 121 cm³/mol. The summed E-state index contributed by atoms with van der Waals surface area (Å²) in [5, 5.41) is 11.1. The monoisotopic (exact) mass is 419 g/mol. The highest BCUT2D eigenvalue weighted by Gasteiger charge is 2.26. The van der Waals surface area contributed by atoms with Crippen LogP contribution in [0.15, 0.2) is 72.8 Å². The number of hydrogen-bond acceptors (Lipinski definition) is 5. The van der Waals surface area contributed by atoms with Gasteiger partial charge >= 0.3 is 0 Å². The van der Waals surface area contributed by atoms with Crippen LogP contribution in [-0.2, 0) is 18.7 Å². The van der Waals surface area contributed by atoms with Gasteiger partial charge in [0, 0.05) is 25.2 Å². The van der Waals surface area contributed by atoms with Crippen LogP contribution in [0.25, 0.3) is 0 Å². The van der Waals surface area contributed by atoms with Crippen molar-refractivity contribution in [1.82, 2.24) is 4.90 Å². The maximum Gasteiger partial charge on any atom is 0.123 e. The van der Waals surface area contributed by atoms with Gasteiger partial charge in [-0.3, -0.25) is 4.90 Å². The molecule has 162 valence electrons. The number of aliphatic hydroxyl groups is 1. The summed E-state index contributed by atoms with van der Waals surface area (Å²) in [6.45, 7) is 4.96. The number of methoxy groups -OCH3 is 1. The highest BCUT2D eigenvalue weighted by molar-refractivity contribution is 5.40. The highest BCUT2D eigenvalue weighted by Crippen LogP contribution is 2.30. The molecule has 0 amide bonds. The number of ether oxygens (including phenoxy) is 3. The first kappa shape index (κ1) is 21.2. The Hall–Kier alpha value is -3.02. The minimum absolute atomic E-state index is 0.171. The summed E-state index contributed by atoms with van der Waals surface area (Å²) in [5.41, 5.74) is 1.96. The summed E-state index contributed by atoms with van der Waals surface area (Å²) in [4.78, 5) is 2.35. The second-order valence-corrected chi connectivity index (χ2v) is 8.11. The van der Waals surface area contributed by atoms with Gasteiger partial charge in [-0.05, 0) is 54.4 Å². The van der Waals surface area contributed by atoms with E-state index in [1.807, 2.05) is 60.7 Å². The van der Waals surface area contributed by atoms with E-state index in [2.05, 4.69) is 17.0 Å². The largest absolute Gasteiger partial charge is 0.497 e. The van der Waals surface area contributed by atoms with Crippen LogP contribution in [0, 0.1) is 0 Å². The standard InChI is InChI=1S/C26H29NO4/c1-26(28,19-31-23-8-4-3-5-9-23)22-11-12-25-21(16-22)18-27(13-14-30-25)17-20-7-6-10-24(15-20)29-2/h3-12,15-16,28H,13-14,17-19H2,1-2H3/t26-/m1/s1. The van der Waals surface area contributed by atoms with Crippen molar-refractivity contribution in [3.8, 4) is 17.2 Å². The van der Waals surface area contributed by atoms with Gasteiger partial charge in [0.2, 0.25) is 0 Å². The Balaban J connectivity index is 1.48. The molecule has 4 rings (SSSR count). The van der Waals surface area contributed by atoms with Crippen LogP contribution in [-0.4, -0.2) is 36.9 Å². The molecule has 0 spiro atoms. The Morgan fingerprint density at radius 2 is 1.81 bits per heavy atom. The Morgan fingerprint density at radius 3 is 2.61 bits per heavy atom. The lowest BCUT2D eigenvalue weighted by molar-refractivity contribution is 0.00748. The maximum absolute atomic E-state index is 11.1. The van der Waals surface area contributed by atoms with Gasteiger partial charge in [-0.15, -0.1) is 0 Å². The summed E-state index contributed by atoms with van der Waals surface area (Å²) in [5.74, 6) is 2.47. The van der Waals surface area contributed by atoms with Gasteiger partial charge in [0.1, 0.15) is 36.1 Å². The predicted octanol–water partition coefficient (Wildman–Crippen LogP) is 4.38. The lowest BCUT2D eigenvalue weighted by atomic mass is 9.94. The summed E-state index contributed by atoms with van der Waals surface area (Å²) in [6.07, 6.45) is 0. The van der Waals surface area contributed by atoms with Crippen molar-refractivity contribution < 1.29 is 19.3 Å². The first-order chi connectivity index (χ1) is 15.0. The first-order valence-corrected chi connectivity index (χ1v) is 10.6. The van der Waals surface area contributed by atoms with Gasteiger partial charge in [-0.25, -0.2) is 0 Å². The Kier molecular flexibility index (Phi) is 6.44. The summed E-state index contributed by atoms with van der Waals surface area (Å²) in [6, 6.07) is 23.6. The highest BCUT2D eigenvalue weighted by atomic mass is 16.5. The molecule has 0 bridgehead atoms. The van der Waals surface area contributed by atoms with Crippen LogP contribution < -0.4 is 14.2 Å². The molecule has 1 aliphatic rings. The van der Waals surface area contributed by atoms with Crippen molar-refractivity contribution in [2.75, 3.05) is 26.9 Å². The lowest BCUT2D eigenvalue weighted by Crippen LogP contribution is -2.30. The molecule has 0 aliphatic carbocycles. The molecule has 1 heterocycles. The van der Waals surface area contributed by atoms with Crippen molar-refractivity contribution in [2.24, 2.45) is 0 Å². The fraction of sp³-hybridized carbons (Fsp3) is 0.308. The Morgan fingerprint density at radius 1 is 1.00 bits per heavy atom. The second kappa shape index (κ2) is 9.41. The van der Waals surface area contributed by atoms with E-state index in [4.69, 9.17) is 14.2 Å². The molecule has 0 aromatic heterocycles. The molecule has 1 N–H and O–H groups in total. The average Bonchev–Trinajstić information content (AvgIpc) is 2.99. The van der Waals surface area contributed by atoms with Gasteiger partial charge in [0.15, 0.2) is 0 Å². The average molecular weight is 420 g/mol. The lowest BCUT2D eigenvalue weighted by Gasteiger charge is -2.25. The van der Waals surface area contributed by atoms with Crippen LogP contribution in [0.3, 0.4) is 0 Å². The third kappa shape index (κ3) is 5.37. The zero-order chi connectivity index (χ0) is 21.7. The first-order valence-electron chi connectivity index (χ1n) is 10.6. The molecule has 31 heavy (non-hydrogen) atoms. The molecule has 5 nitrogen and oxygen atoms in total. The molecule has 3 aromatic carbocycles. The number of hydrogen-bond donors (Lipinski definition) is 1. The van der Waals surface area contributed by atoms with E-state index in [1.165, 1.54) is 5.56 Å². The van der Waals surface area contributed by atoms with Gasteiger partial charge in [-0.2, -0.15) is 0 Å². The summed E-state index contributed by atoms with van der Waals surface area (Å²) >= 11 is 0. The van der Waals surface area contributed by atoms with E-state index >= 15 is 0 Å². The van der Waals surface area contributed by atoms with E-state index in [9.17, 15) is 5.11 Å². The zero-order valence-corrected chi connectivity index (χ0v) is 18.1. The topological polar surface area (TPSA) is 51.2 Å². The minimum atomic E-state index is -1.12. The smallest absolute Gasteiger partial charge is 0.123 e. The van der Waals surface area contributed by atoms with Gasteiger partial charge < -0.3 is 19.3 Å². The summed E-state index contributed by atoms with van der Waals surface area (Å²) < 4.78 is 17.1. The van der Waals surface area contributed by atoms with Crippen molar-refractivity contribution in [3.05, 3.63) is 89.5 Å². The maximum atomic E-state index is 11.1. The third-order valence-electron chi connectivity index (χ3n) is 5.54. The zero-order valence-electron chi connectivity index (χ0n) is 18.1. The van der Waals surface area contributed by atoms with Gasteiger partial charge in [-0.1, -0.05) is 36.4 Å². The number of nitrogens with zero attached hydrogens (tertiary/aromatic N) is 1. The Labute approximate surface area is 183 Å². The molecular formula is C26H29NO4. The molecule has 3 aromatic rings. The number of para-hydroxylation sites is 1. The Bertz CT molecular complexity index is 1000. The fourth-order valence-electron chi connectivity index (χ4n) is 3.77.